The van der Waals surface area contributed by atoms with Crippen LogP contribution in [0.1, 0.15) is 24.8 Å². The minimum Gasteiger partial charge on any atom is -0.493 e. The highest BCUT2D eigenvalue weighted by atomic mass is 32.2. The molecule has 4 heteroatoms. The Labute approximate surface area is 111 Å². The fraction of sp³-hybridized carbons (Fsp3) is 0.571. The summed E-state index contributed by atoms with van der Waals surface area (Å²) >= 11 is 1.92. The molecule has 1 aromatic rings. The number of thioether (sulfide) groups is 1. The zero-order chi connectivity index (χ0) is 12.6. The van der Waals surface area contributed by atoms with Crippen LogP contribution in [0.2, 0.25) is 0 Å². The van der Waals surface area contributed by atoms with E-state index in [0.29, 0.717) is 0 Å². The topological polar surface area (TPSA) is 38.7 Å². The van der Waals surface area contributed by atoms with Crippen LogP contribution in [0.25, 0.3) is 0 Å². The van der Waals surface area contributed by atoms with Gasteiger partial charge in [0.15, 0.2) is 11.5 Å². The van der Waals surface area contributed by atoms with Crippen molar-refractivity contribution in [2.75, 3.05) is 18.6 Å². The molecule has 18 heavy (non-hydrogen) atoms. The maximum atomic E-state index is 10.3. The Balaban J connectivity index is 1.93. The summed E-state index contributed by atoms with van der Waals surface area (Å²) in [5.41, 5.74) is 0.203. The Morgan fingerprint density at radius 2 is 2.22 bits per heavy atom. The summed E-state index contributed by atoms with van der Waals surface area (Å²) in [4.78, 5) is 0. The van der Waals surface area contributed by atoms with Gasteiger partial charge in [0.2, 0.25) is 0 Å². The van der Waals surface area contributed by atoms with Crippen LogP contribution in [0.5, 0.6) is 11.5 Å². The fourth-order valence-electron chi connectivity index (χ4n) is 2.32. The fourth-order valence-corrected chi connectivity index (χ4v) is 3.42. The smallest absolute Gasteiger partial charge is 0.167 e. The predicted molar refractivity (Wildman–Crippen MR) is 72.5 cm³/mol. The molecule has 1 aliphatic carbocycles. The largest absolute Gasteiger partial charge is 0.493 e. The molecule has 1 aromatic carbocycles. The molecule has 0 amide bonds. The second-order valence-electron chi connectivity index (χ2n) is 4.97. The number of benzene rings is 1. The van der Waals surface area contributed by atoms with Crippen molar-refractivity contribution in [3.63, 3.8) is 0 Å². The van der Waals surface area contributed by atoms with Gasteiger partial charge in [-0.3, -0.25) is 0 Å². The molecule has 2 fully saturated rings. The summed E-state index contributed by atoms with van der Waals surface area (Å²) in [6, 6.07) is 5.76. The van der Waals surface area contributed by atoms with Gasteiger partial charge in [0, 0.05) is 11.3 Å². The third kappa shape index (κ3) is 2.19. The third-order valence-electron chi connectivity index (χ3n) is 3.60. The molecule has 1 saturated carbocycles. The molecule has 0 bridgehead atoms. The highest BCUT2D eigenvalue weighted by Crippen LogP contribution is 2.51. The Kier molecular flexibility index (Phi) is 3.16. The molecule has 1 aliphatic heterocycles. The Hall–Kier alpha value is -0.870. The molecule has 2 aliphatic rings. The average molecular weight is 266 g/mol. The first kappa shape index (κ1) is 12.2. The van der Waals surface area contributed by atoms with Gasteiger partial charge in [0.05, 0.1) is 12.7 Å². The maximum Gasteiger partial charge on any atom is 0.167 e. The summed E-state index contributed by atoms with van der Waals surface area (Å²) in [6.07, 6.45) is 2.94. The van der Waals surface area contributed by atoms with Crippen LogP contribution in [0.4, 0.5) is 0 Å². The van der Waals surface area contributed by atoms with Gasteiger partial charge < -0.3 is 14.6 Å². The van der Waals surface area contributed by atoms with Crippen molar-refractivity contribution < 1.29 is 14.6 Å². The highest BCUT2D eigenvalue weighted by Gasteiger charge is 2.45. The Bertz CT molecular complexity index is 437. The summed E-state index contributed by atoms with van der Waals surface area (Å²) < 4.78 is 11.5. The Morgan fingerprint density at radius 3 is 2.83 bits per heavy atom. The predicted octanol–water partition coefficient (Wildman–Crippen LogP) is 2.56. The molecule has 1 N–H and O–H groups in total. The van der Waals surface area contributed by atoms with Crippen molar-refractivity contribution in [2.45, 2.75) is 31.0 Å². The van der Waals surface area contributed by atoms with E-state index in [-0.39, 0.29) is 6.10 Å². The quantitative estimate of drug-likeness (QED) is 0.909. The van der Waals surface area contributed by atoms with Crippen LogP contribution in [-0.2, 0) is 5.60 Å². The number of methoxy groups -OCH3 is 1. The zero-order valence-corrected chi connectivity index (χ0v) is 11.3. The summed E-state index contributed by atoms with van der Waals surface area (Å²) in [5, 5.41) is 10.3. The van der Waals surface area contributed by atoms with E-state index in [9.17, 15) is 5.11 Å². The van der Waals surface area contributed by atoms with Gasteiger partial charge in [-0.2, -0.15) is 11.8 Å². The van der Waals surface area contributed by atoms with Crippen LogP contribution in [-0.4, -0.2) is 29.8 Å². The molecule has 98 valence electrons. The number of para-hydroxylation sites is 1. The average Bonchev–Trinajstić information content (AvgIpc) is 2.92. The molecular weight excluding hydrogens is 248 g/mol. The number of hydrogen-bond donors (Lipinski definition) is 1. The summed E-state index contributed by atoms with van der Waals surface area (Å²) in [6.45, 7) is 0. The lowest BCUT2D eigenvalue weighted by atomic mass is 10.1. The van der Waals surface area contributed by atoms with Crippen molar-refractivity contribution in [2.24, 2.45) is 0 Å². The lowest BCUT2D eigenvalue weighted by Crippen LogP contribution is -2.18. The molecule has 0 aromatic heterocycles. The Morgan fingerprint density at radius 1 is 1.39 bits per heavy atom. The van der Waals surface area contributed by atoms with Gasteiger partial charge >= 0.3 is 0 Å². The van der Waals surface area contributed by atoms with E-state index in [1.807, 2.05) is 30.0 Å². The van der Waals surface area contributed by atoms with E-state index in [2.05, 4.69) is 0 Å². The van der Waals surface area contributed by atoms with Crippen molar-refractivity contribution in [3.8, 4) is 11.5 Å². The van der Waals surface area contributed by atoms with Gasteiger partial charge in [0.25, 0.3) is 0 Å². The van der Waals surface area contributed by atoms with Gasteiger partial charge in [-0.25, -0.2) is 0 Å². The van der Waals surface area contributed by atoms with Crippen LogP contribution >= 0.6 is 11.8 Å². The monoisotopic (exact) mass is 266 g/mol. The van der Waals surface area contributed by atoms with Gasteiger partial charge in [-0.05, 0) is 31.1 Å². The molecule has 1 atom stereocenters. The molecule has 3 rings (SSSR count). The van der Waals surface area contributed by atoms with Gasteiger partial charge in [-0.15, -0.1) is 0 Å². The standard InChI is InChI=1S/C14H18O3S/c1-16-12-4-2-3-11(14(15)6-7-14)13(12)17-10-5-8-18-9-10/h2-4,10,15H,5-9H2,1H3. The molecule has 1 saturated heterocycles. The number of hydrogen-bond acceptors (Lipinski definition) is 4. The maximum absolute atomic E-state index is 10.3. The van der Waals surface area contributed by atoms with Crippen molar-refractivity contribution in [1.82, 2.24) is 0 Å². The van der Waals surface area contributed by atoms with Gasteiger partial charge in [-0.1, -0.05) is 12.1 Å². The lowest BCUT2D eigenvalue weighted by Gasteiger charge is -2.21. The third-order valence-corrected chi connectivity index (χ3v) is 4.73. The van der Waals surface area contributed by atoms with Crippen molar-refractivity contribution >= 4 is 11.8 Å². The molecule has 0 spiro atoms. The van der Waals surface area contributed by atoms with E-state index in [1.54, 1.807) is 7.11 Å². The van der Waals surface area contributed by atoms with Crippen molar-refractivity contribution in [3.05, 3.63) is 23.8 Å². The van der Waals surface area contributed by atoms with Crippen LogP contribution in [0.3, 0.4) is 0 Å². The lowest BCUT2D eigenvalue weighted by molar-refractivity contribution is 0.138. The van der Waals surface area contributed by atoms with Crippen molar-refractivity contribution in [1.29, 1.82) is 0 Å². The summed E-state index contributed by atoms with van der Waals surface area (Å²) in [5.74, 6) is 3.65. The van der Waals surface area contributed by atoms with Gasteiger partial charge in [0.1, 0.15) is 6.10 Å². The van der Waals surface area contributed by atoms with Crippen LogP contribution in [0, 0.1) is 0 Å². The summed E-state index contributed by atoms with van der Waals surface area (Å²) in [7, 11) is 1.65. The minimum absolute atomic E-state index is 0.243. The van der Waals surface area contributed by atoms with E-state index in [0.717, 1.165) is 47.8 Å². The zero-order valence-electron chi connectivity index (χ0n) is 10.5. The van der Waals surface area contributed by atoms with E-state index < -0.39 is 5.60 Å². The molecule has 3 nitrogen and oxygen atoms in total. The second-order valence-corrected chi connectivity index (χ2v) is 6.12. The normalized spacial score (nSPS) is 24.9. The first-order valence-electron chi connectivity index (χ1n) is 6.37. The number of ether oxygens (including phenoxy) is 2. The number of aliphatic hydroxyl groups is 1. The van der Waals surface area contributed by atoms with Crippen LogP contribution in [0.15, 0.2) is 18.2 Å². The first-order valence-corrected chi connectivity index (χ1v) is 7.53. The highest BCUT2D eigenvalue weighted by molar-refractivity contribution is 7.99. The molecular formula is C14H18O3S. The van der Waals surface area contributed by atoms with E-state index >= 15 is 0 Å². The SMILES string of the molecule is COc1cccc(C2(O)CC2)c1OC1CCSC1. The molecule has 0 radical (unpaired) electrons. The van der Waals surface area contributed by atoms with E-state index in [1.165, 1.54) is 0 Å². The minimum atomic E-state index is -0.685. The molecule has 1 unspecified atom stereocenters. The first-order chi connectivity index (χ1) is 8.73. The molecule has 1 heterocycles. The second kappa shape index (κ2) is 4.67. The van der Waals surface area contributed by atoms with E-state index in [4.69, 9.17) is 9.47 Å². The van der Waals surface area contributed by atoms with Crippen LogP contribution < -0.4 is 9.47 Å². The number of rotatable bonds is 4.